The first kappa shape index (κ1) is 22.1. The number of aromatic nitrogens is 1. The molecule has 162 valence electrons. The number of benzene rings is 1. The summed E-state index contributed by atoms with van der Waals surface area (Å²) >= 11 is 8.65. The number of ketones is 1. The Kier molecular flexibility index (Phi) is 7.17. The highest BCUT2D eigenvalue weighted by atomic mass is 35.5. The standard InChI is InChI=1S/C23H24ClN3O2S2/c1-27-8-6-16-3-2-15(10-17(16)7-9-27)11-20(28)19(12-18-13-30-14-25-18)26-23(29)21-4-5-22(24)31-21/h2-5,10,13-14,19H,6-9,11-12H2,1H3,(H,26,29). The Morgan fingerprint density at radius 3 is 2.71 bits per heavy atom. The molecular formula is C23H24ClN3O2S2. The molecule has 1 unspecified atom stereocenters. The first-order chi connectivity index (χ1) is 15.0. The summed E-state index contributed by atoms with van der Waals surface area (Å²) in [6.07, 6.45) is 2.68. The summed E-state index contributed by atoms with van der Waals surface area (Å²) in [4.78, 5) is 33.0. The van der Waals surface area contributed by atoms with E-state index in [1.165, 1.54) is 33.8 Å². The van der Waals surface area contributed by atoms with Crippen molar-refractivity contribution in [3.05, 3.63) is 72.8 Å². The van der Waals surface area contributed by atoms with Gasteiger partial charge in [0.1, 0.15) is 0 Å². The number of likely N-dealkylation sites (N-methyl/N-ethyl adjacent to an activating group) is 1. The van der Waals surface area contributed by atoms with Crippen molar-refractivity contribution < 1.29 is 9.59 Å². The molecule has 0 fully saturated rings. The average Bonchev–Trinajstić information content (AvgIpc) is 3.38. The topological polar surface area (TPSA) is 62.3 Å². The maximum Gasteiger partial charge on any atom is 0.261 e. The zero-order valence-corrected chi connectivity index (χ0v) is 19.7. The van der Waals surface area contributed by atoms with E-state index in [4.69, 9.17) is 11.6 Å². The van der Waals surface area contributed by atoms with E-state index >= 15 is 0 Å². The number of carbonyl (C=O) groups excluding carboxylic acids is 2. The van der Waals surface area contributed by atoms with Gasteiger partial charge >= 0.3 is 0 Å². The van der Waals surface area contributed by atoms with E-state index in [2.05, 4.69) is 34.4 Å². The lowest BCUT2D eigenvalue weighted by Crippen LogP contribution is -2.43. The molecule has 0 spiro atoms. The molecule has 0 radical (unpaired) electrons. The first-order valence-electron chi connectivity index (χ1n) is 10.2. The van der Waals surface area contributed by atoms with Crippen molar-refractivity contribution in [3.8, 4) is 0 Å². The second kappa shape index (κ2) is 10.0. The zero-order valence-electron chi connectivity index (χ0n) is 17.3. The van der Waals surface area contributed by atoms with Crippen molar-refractivity contribution in [2.45, 2.75) is 31.7 Å². The van der Waals surface area contributed by atoms with Crippen molar-refractivity contribution in [3.63, 3.8) is 0 Å². The highest BCUT2D eigenvalue weighted by Gasteiger charge is 2.24. The summed E-state index contributed by atoms with van der Waals surface area (Å²) < 4.78 is 0.545. The van der Waals surface area contributed by atoms with Gasteiger partial charge in [0.05, 0.1) is 26.5 Å². The SMILES string of the molecule is CN1CCc2ccc(CC(=O)C(Cc3cscn3)NC(=O)c3ccc(Cl)s3)cc2CC1. The van der Waals surface area contributed by atoms with Gasteiger partial charge < -0.3 is 10.2 Å². The van der Waals surface area contributed by atoms with Crippen LogP contribution in [-0.4, -0.2) is 47.8 Å². The van der Waals surface area contributed by atoms with Crippen molar-refractivity contribution in [1.82, 2.24) is 15.2 Å². The van der Waals surface area contributed by atoms with Crippen LogP contribution in [0.25, 0.3) is 0 Å². The number of rotatable bonds is 7. The maximum absolute atomic E-state index is 13.2. The predicted molar refractivity (Wildman–Crippen MR) is 126 cm³/mol. The lowest BCUT2D eigenvalue weighted by molar-refractivity contribution is -0.120. The highest BCUT2D eigenvalue weighted by molar-refractivity contribution is 7.18. The minimum atomic E-state index is -0.639. The van der Waals surface area contributed by atoms with Crippen LogP contribution in [-0.2, 0) is 30.5 Å². The molecule has 1 aliphatic rings. The molecule has 8 heteroatoms. The second-order valence-corrected chi connectivity index (χ2v) is 10.3. The smallest absolute Gasteiger partial charge is 0.261 e. The van der Waals surface area contributed by atoms with E-state index in [-0.39, 0.29) is 18.1 Å². The number of nitrogens with zero attached hydrogens (tertiary/aromatic N) is 2. The number of halogens is 1. The fraction of sp³-hybridized carbons (Fsp3) is 0.348. The number of carbonyl (C=O) groups is 2. The number of fused-ring (bicyclic) bond motifs is 1. The molecule has 1 aromatic carbocycles. The number of Topliss-reactive ketones (excluding diaryl/α,β-unsaturated/α-hetero) is 1. The number of hydrogen-bond donors (Lipinski definition) is 1. The third-order valence-electron chi connectivity index (χ3n) is 5.56. The van der Waals surface area contributed by atoms with Crippen molar-refractivity contribution in [1.29, 1.82) is 0 Å². The van der Waals surface area contributed by atoms with E-state index in [1.807, 2.05) is 11.4 Å². The third-order valence-corrected chi connectivity index (χ3v) is 7.43. The highest BCUT2D eigenvalue weighted by Crippen LogP contribution is 2.22. The molecule has 1 aliphatic heterocycles. The molecule has 0 aliphatic carbocycles. The minimum Gasteiger partial charge on any atom is -0.341 e. The van der Waals surface area contributed by atoms with Gasteiger partial charge in [-0.3, -0.25) is 9.59 Å². The number of thiazole rings is 1. The van der Waals surface area contributed by atoms with Gasteiger partial charge in [0, 0.05) is 31.3 Å². The maximum atomic E-state index is 13.2. The molecule has 3 aromatic rings. The zero-order chi connectivity index (χ0) is 21.8. The van der Waals surface area contributed by atoms with Gasteiger partial charge in [-0.15, -0.1) is 22.7 Å². The Morgan fingerprint density at radius 2 is 2.00 bits per heavy atom. The normalized spacial score (nSPS) is 15.2. The van der Waals surface area contributed by atoms with Gasteiger partial charge in [-0.25, -0.2) is 4.98 Å². The Hall–Kier alpha value is -2.06. The fourth-order valence-electron chi connectivity index (χ4n) is 3.78. The van der Waals surface area contributed by atoms with Crippen LogP contribution >= 0.6 is 34.3 Å². The Morgan fingerprint density at radius 1 is 1.19 bits per heavy atom. The Bertz CT molecular complexity index is 1060. The molecule has 3 heterocycles. The Labute approximate surface area is 195 Å². The number of thiophene rings is 1. The van der Waals surface area contributed by atoms with E-state index in [1.54, 1.807) is 17.6 Å². The molecule has 0 bridgehead atoms. The number of nitrogens with one attached hydrogen (secondary N) is 1. The van der Waals surface area contributed by atoms with Gasteiger partial charge in [0.25, 0.3) is 5.91 Å². The van der Waals surface area contributed by atoms with Crippen molar-refractivity contribution in [2.24, 2.45) is 0 Å². The lowest BCUT2D eigenvalue weighted by Gasteiger charge is -2.17. The molecule has 0 saturated heterocycles. The lowest BCUT2D eigenvalue weighted by atomic mass is 9.95. The monoisotopic (exact) mass is 473 g/mol. The third kappa shape index (κ3) is 5.80. The summed E-state index contributed by atoms with van der Waals surface area (Å²) in [5.74, 6) is -0.301. The molecule has 1 amide bonds. The minimum absolute atomic E-state index is 0.0188. The predicted octanol–water partition coefficient (Wildman–Crippen LogP) is 4.04. The number of hydrogen-bond acceptors (Lipinski definition) is 6. The molecule has 0 saturated carbocycles. The van der Waals surface area contributed by atoms with Crippen LogP contribution in [0.1, 0.15) is 32.1 Å². The largest absolute Gasteiger partial charge is 0.341 e. The second-order valence-electron chi connectivity index (χ2n) is 7.86. The number of amides is 1. The summed E-state index contributed by atoms with van der Waals surface area (Å²) in [6.45, 7) is 2.08. The van der Waals surface area contributed by atoms with Crippen LogP contribution in [0.15, 0.2) is 41.2 Å². The summed E-state index contributed by atoms with van der Waals surface area (Å²) in [5.41, 5.74) is 6.22. The molecule has 5 nitrogen and oxygen atoms in total. The summed E-state index contributed by atoms with van der Waals surface area (Å²) in [5, 5.41) is 4.81. The first-order valence-corrected chi connectivity index (χ1v) is 12.4. The molecular weight excluding hydrogens is 450 g/mol. The van der Waals surface area contributed by atoms with Crippen LogP contribution in [0.2, 0.25) is 4.34 Å². The summed E-state index contributed by atoms with van der Waals surface area (Å²) in [7, 11) is 2.14. The van der Waals surface area contributed by atoms with Gasteiger partial charge in [-0.1, -0.05) is 29.8 Å². The van der Waals surface area contributed by atoms with E-state index in [9.17, 15) is 9.59 Å². The van der Waals surface area contributed by atoms with Gasteiger partial charge in [-0.2, -0.15) is 0 Å². The molecule has 4 rings (SSSR count). The van der Waals surface area contributed by atoms with Gasteiger partial charge in [0.2, 0.25) is 0 Å². The van der Waals surface area contributed by atoms with Crippen molar-refractivity contribution in [2.75, 3.05) is 20.1 Å². The Balaban J connectivity index is 1.49. The molecule has 1 atom stereocenters. The van der Waals surface area contributed by atoms with Crippen LogP contribution in [0.3, 0.4) is 0 Å². The van der Waals surface area contributed by atoms with Crippen LogP contribution in [0.5, 0.6) is 0 Å². The van der Waals surface area contributed by atoms with Gasteiger partial charge in [-0.05, 0) is 48.7 Å². The van der Waals surface area contributed by atoms with E-state index in [0.717, 1.165) is 37.2 Å². The average molecular weight is 474 g/mol. The van der Waals surface area contributed by atoms with Gasteiger partial charge in [0.15, 0.2) is 5.78 Å². The van der Waals surface area contributed by atoms with Crippen molar-refractivity contribution >= 4 is 46.0 Å². The van der Waals surface area contributed by atoms with Crippen LogP contribution in [0, 0.1) is 0 Å². The van der Waals surface area contributed by atoms with Crippen LogP contribution in [0.4, 0.5) is 0 Å². The fourth-order valence-corrected chi connectivity index (χ4v) is 5.30. The molecule has 2 aromatic heterocycles. The molecule has 31 heavy (non-hydrogen) atoms. The quantitative estimate of drug-likeness (QED) is 0.562. The van der Waals surface area contributed by atoms with E-state index in [0.29, 0.717) is 15.6 Å². The summed E-state index contributed by atoms with van der Waals surface area (Å²) in [6, 6.07) is 9.08. The van der Waals surface area contributed by atoms with E-state index < -0.39 is 6.04 Å². The van der Waals surface area contributed by atoms with Crippen LogP contribution < -0.4 is 5.32 Å². The molecule has 1 N–H and O–H groups in total.